The largest absolute Gasteiger partial charge is 0.183 e. The third kappa shape index (κ3) is 2.15. The van der Waals surface area contributed by atoms with Crippen LogP contribution in [-0.2, 0) is 0 Å². The molecule has 5 heteroatoms. The van der Waals surface area contributed by atoms with Crippen LogP contribution in [0.25, 0.3) is 10.6 Å². The molecule has 1 aromatic carbocycles. The molecule has 0 unspecified atom stereocenters. The van der Waals surface area contributed by atoms with Gasteiger partial charge in [-0.05, 0) is 28.1 Å². The molecule has 0 radical (unpaired) electrons. The molecule has 0 bridgehead atoms. The van der Waals surface area contributed by atoms with Gasteiger partial charge in [0, 0.05) is 10.0 Å². The van der Waals surface area contributed by atoms with Crippen LogP contribution in [0.3, 0.4) is 0 Å². The lowest BCUT2D eigenvalue weighted by Gasteiger charge is -1.94. The highest BCUT2D eigenvalue weighted by atomic mass is 79.9. The number of halogens is 2. The second kappa shape index (κ2) is 3.86. The Morgan fingerprint density at radius 2 is 2.00 bits per heavy atom. The molecule has 0 N–H and O–H groups in total. The SMILES string of the molecule is Brc1cccc(-c2nnc(Br)s2)c1. The first-order valence-electron chi connectivity index (χ1n) is 3.50. The van der Waals surface area contributed by atoms with Gasteiger partial charge in [-0.15, -0.1) is 10.2 Å². The fourth-order valence-corrected chi connectivity index (χ4v) is 2.45. The summed E-state index contributed by atoms with van der Waals surface area (Å²) in [7, 11) is 0. The third-order valence-electron chi connectivity index (χ3n) is 1.47. The monoisotopic (exact) mass is 318 g/mol. The van der Waals surface area contributed by atoms with E-state index in [1.165, 1.54) is 11.3 Å². The van der Waals surface area contributed by atoms with Crippen LogP contribution in [0.1, 0.15) is 0 Å². The molecule has 13 heavy (non-hydrogen) atoms. The van der Waals surface area contributed by atoms with Crippen LogP contribution in [0.5, 0.6) is 0 Å². The lowest BCUT2D eigenvalue weighted by Crippen LogP contribution is -1.75. The minimum atomic E-state index is 0.808. The fraction of sp³-hybridized carbons (Fsp3) is 0. The molecule has 66 valence electrons. The van der Waals surface area contributed by atoms with E-state index >= 15 is 0 Å². The van der Waals surface area contributed by atoms with Crippen molar-refractivity contribution >= 4 is 43.2 Å². The summed E-state index contributed by atoms with van der Waals surface area (Å²) in [4.78, 5) is 0. The lowest BCUT2D eigenvalue weighted by atomic mass is 10.2. The van der Waals surface area contributed by atoms with Gasteiger partial charge in [0.15, 0.2) is 3.92 Å². The molecule has 2 rings (SSSR count). The van der Waals surface area contributed by atoms with Crippen molar-refractivity contribution in [3.05, 3.63) is 32.7 Å². The van der Waals surface area contributed by atoms with E-state index in [-0.39, 0.29) is 0 Å². The molecular formula is C8H4Br2N2S. The van der Waals surface area contributed by atoms with Crippen LogP contribution < -0.4 is 0 Å². The van der Waals surface area contributed by atoms with E-state index in [1.54, 1.807) is 0 Å². The normalized spacial score (nSPS) is 10.3. The lowest BCUT2D eigenvalue weighted by molar-refractivity contribution is 1.08. The van der Waals surface area contributed by atoms with Crippen molar-refractivity contribution in [2.75, 3.05) is 0 Å². The molecule has 0 fully saturated rings. The van der Waals surface area contributed by atoms with Crippen molar-refractivity contribution in [2.24, 2.45) is 0 Å². The maximum Gasteiger partial charge on any atom is 0.183 e. The minimum Gasteiger partial charge on any atom is -0.137 e. The molecule has 0 aliphatic heterocycles. The van der Waals surface area contributed by atoms with Crippen molar-refractivity contribution in [2.45, 2.75) is 0 Å². The van der Waals surface area contributed by atoms with Gasteiger partial charge in [-0.2, -0.15) is 0 Å². The zero-order valence-electron chi connectivity index (χ0n) is 6.37. The molecule has 1 heterocycles. The summed E-state index contributed by atoms with van der Waals surface area (Å²) in [5.41, 5.74) is 1.08. The van der Waals surface area contributed by atoms with Crippen LogP contribution in [-0.4, -0.2) is 10.2 Å². The standard InChI is InChI=1S/C8H4Br2N2S/c9-6-3-1-2-5(4-6)7-11-12-8(10)13-7/h1-4H. The van der Waals surface area contributed by atoms with Crippen molar-refractivity contribution in [1.82, 2.24) is 10.2 Å². The van der Waals surface area contributed by atoms with Gasteiger partial charge in [-0.3, -0.25) is 0 Å². The van der Waals surface area contributed by atoms with Crippen molar-refractivity contribution in [1.29, 1.82) is 0 Å². The number of hydrogen-bond donors (Lipinski definition) is 0. The van der Waals surface area contributed by atoms with E-state index in [4.69, 9.17) is 0 Å². The number of benzene rings is 1. The number of nitrogens with zero attached hydrogens (tertiary/aromatic N) is 2. The quantitative estimate of drug-likeness (QED) is 0.800. The molecule has 0 spiro atoms. The van der Waals surface area contributed by atoms with Gasteiger partial charge in [0.25, 0.3) is 0 Å². The molecule has 2 aromatic rings. The first kappa shape index (κ1) is 9.30. The van der Waals surface area contributed by atoms with Crippen LogP contribution in [0.4, 0.5) is 0 Å². The molecule has 0 saturated heterocycles. The number of hydrogen-bond acceptors (Lipinski definition) is 3. The second-order valence-electron chi connectivity index (χ2n) is 2.37. The van der Waals surface area contributed by atoms with E-state index in [0.29, 0.717) is 0 Å². The molecule has 0 amide bonds. The Morgan fingerprint density at radius 3 is 2.62 bits per heavy atom. The van der Waals surface area contributed by atoms with E-state index in [1.807, 2.05) is 24.3 Å². The molecular weight excluding hydrogens is 316 g/mol. The number of aromatic nitrogens is 2. The molecule has 0 aliphatic carbocycles. The summed E-state index contributed by atoms with van der Waals surface area (Å²) in [5.74, 6) is 0. The first-order valence-corrected chi connectivity index (χ1v) is 5.91. The van der Waals surface area contributed by atoms with E-state index < -0.39 is 0 Å². The van der Waals surface area contributed by atoms with E-state index in [9.17, 15) is 0 Å². The average Bonchev–Trinajstić information content (AvgIpc) is 2.52. The molecule has 2 nitrogen and oxygen atoms in total. The van der Waals surface area contributed by atoms with Crippen LogP contribution in [0, 0.1) is 0 Å². The Hall–Kier alpha value is -0.260. The smallest absolute Gasteiger partial charge is 0.137 e. The zero-order valence-corrected chi connectivity index (χ0v) is 10.4. The Balaban J connectivity index is 2.46. The predicted octanol–water partition coefficient (Wildman–Crippen LogP) is 3.73. The van der Waals surface area contributed by atoms with Gasteiger partial charge in [0.1, 0.15) is 5.01 Å². The van der Waals surface area contributed by atoms with Gasteiger partial charge in [0.2, 0.25) is 0 Å². The summed E-state index contributed by atoms with van der Waals surface area (Å²) < 4.78 is 1.86. The summed E-state index contributed by atoms with van der Waals surface area (Å²) in [6.45, 7) is 0. The van der Waals surface area contributed by atoms with E-state index in [2.05, 4.69) is 42.1 Å². The van der Waals surface area contributed by atoms with Gasteiger partial charge in [-0.25, -0.2) is 0 Å². The van der Waals surface area contributed by atoms with Gasteiger partial charge in [0.05, 0.1) is 0 Å². The second-order valence-corrected chi connectivity index (χ2v) is 5.54. The van der Waals surface area contributed by atoms with Crippen LogP contribution >= 0.6 is 43.2 Å². The Labute approximate surface area is 96.3 Å². The van der Waals surface area contributed by atoms with Crippen molar-refractivity contribution < 1.29 is 0 Å². The Bertz CT molecular complexity index is 428. The average molecular weight is 320 g/mol. The van der Waals surface area contributed by atoms with Gasteiger partial charge in [-0.1, -0.05) is 39.4 Å². The molecule has 0 atom stereocenters. The van der Waals surface area contributed by atoms with Crippen molar-refractivity contribution in [3.63, 3.8) is 0 Å². The topological polar surface area (TPSA) is 25.8 Å². The van der Waals surface area contributed by atoms with Gasteiger partial charge >= 0.3 is 0 Å². The highest BCUT2D eigenvalue weighted by Crippen LogP contribution is 2.27. The Kier molecular flexibility index (Phi) is 2.76. The summed E-state index contributed by atoms with van der Waals surface area (Å²) in [5, 5.41) is 8.84. The molecule has 1 aromatic heterocycles. The van der Waals surface area contributed by atoms with Gasteiger partial charge < -0.3 is 0 Å². The van der Waals surface area contributed by atoms with Crippen LogP contribution in [0.2, 0.25) is 0 Å². The van der Waals surface area contributed by atoms with Crippen molar-refractivity contribution in [3.8, 4) is 10.6 Å². The summed E-state index contributed by atoms with van der Waals surface area (Å²) in [6, 6.07) is 8.00. The summed E-state index contributed by atoms with van der Waals surface area (Å²) in [6.07, 6.45) is 0. The molecule has 0 saturated carbocycles. The summed E-state index contributed by atoms with van der Waals surface area (Å²) >= 11 is 8.22. The van der Waals surface area contributed by atoms with E-state index in [0.717, 1.165) is 19.0 Å². The maximum absolute atomic E-state index is 4.03. The third-order valence-corrected chi connectivity index (χ3v) is 3.37. The minimum absolute atomic E-state index is 0.808. The first-order chi connectivity index (χ1) is 6.25. The predicted molar refractivity (Wildman–Crippen MR) is 60.7 cm³/mol. The highest BCUT2D eigenvalue weighted by molar-refractivity contribution is 9.11. The fourth-order valence-electron chi connectivity index (χ4n) is 0.943. The Morgan fingerprint density at radius 1 is 1.15 bits per heavy atom. The maximum atomic E-state index is 4.03. The zero-order chi connectivity index (χ0) is 9.26. The highest BCUT2D eigenvalue weighted by Gasteiger charge is 2.03. The van der Waals surface area contributed by atoms with Crippen LogP contribution in [0.15, 0.2) is 32.7 Å². The number of rotatable bonds is 1. The molecule has 0 aliphatic rings.